The molecular formula is C22H21F2N3O4S. The standard InChI is InChI=1S/C22H21F2N3O4S/c1-11-4-5-31-17-10-26-9-15(19(28)20(29)18(26)22(30)27(11)17)21-25-8-14(32-21)6-12-2-3-13(23)7-16(12)24/h7-9,11,17,29H,2-6,10H2,1H3/t11-,17+/m0/s1. The van der Waals surface area contributed by atoms with Crippen molar-refractivity contribution in [2.24, 2.45) is 0 Å². The van der Waals surface area contributed by atoms with Crippen molar-refractivity contribution in [1.82, 2.24) is 14.5 Å². The fraction of sp³-hybridized carbons (Fsp3) is 0.409. The first-order chi connectivity index (χ1) is 15.3. The van der Waals surface area contributed by atoms with Crippen LogP contribution in [0, 0.1) is 0 Å². The zero-order valence-corrected chi connectivity index (χ0v) is 18.1. The number of thiazole rings is 1. The molecule has 1 saturated heterocycles. The first kappa shape index (κ1) is 21.0. The molecule has 10 heteroatoms. The lowest BCUT2D eigenvalue weighted by Crippen LogP contribution is -2.56. The number of pyridine rings is 1. The number of carbonyl (C=O) groups excluding carboxylic acids is 1. The summed E-state index contributed by atoms with van der Waals surface area (Å²) in [5, 5.41) is 11.0. The van der Waals surface area contributed by atoms with E-state index in [-0.39, 0.29) is 30.1 Å². The lowest BCUT2D eigenvalue weighted by molar-refractivity contribution is -0.112. The number of allylic oxidation sites excluding steroid dienone is 4. The van der Waals surface area contributed by atoms with Crippen molar-refractivity contribution < 1.29 is 23.4 Å². The van der Waals surface area contributed by atoms with Gasteiger partial charge < -0.3 is 19.3 Å². The molecule has 7 nitrogen and oxygen atoms in total. The number of aromatic hydroxyl groups is 1. The van der Waals surface area contributed by atoms with Gasteiger partial charge in [0.05, 0.1) is 18.7 Å². The van der Waals surface area contributed by atoms with Gasteiger partial charge in [-0.25, -0.2) is 13.8 Å². The third kappa shape index (κ3) is 3.47. The smallest absolute Gasteiger partial charge is 0.276 e. The van der Waals surface area contributed by atoms with E-state index in [4.69, 9.17) is 4.74 Å². The summed E-state index contributed by atoms with van der Waals surface area (Å²) in [4.78, 5) is 32.5. The van der Waals surface area contributed by atoms with Crippen molar-refractivity contribution in [3.63, 3.8) is 0 Å². The number of hydrogen-bond acceptors (Lipinski definition) is 6. The summed E-state index contributed by atoms with van der Waals surface area (Å²) >= 11 is 1.20. The van der Waals surface area contributed by atoms with Crippen LogP contribution in [0.25, 0.3) is 10.6 Å². The second-order valence-electron chi connectivity index (χ2n) is 8.25. The predicted molar refractivity (Wildman–Crippen MR) is 114 cm³/mol. The molecule has 2 aromatic heterocycles. The van der Waals surface area contributed by atoms with Crippen LogP contribution >= 0.6 is 11.3 Å². The number of rotatable bonds is 3. The highest BCUT2D eigenvalue weighted by Crippen LogP contribution is 2.34. The molecule has 1 fully saturated rings. The average molecular weight is 461 g/mol. The van der Waals surface area contributed by atoms with Crippen LogP contribution in [0.2, 0.25) is 0 Å². The van der Waals surface area contributed by atoms with Gasteiger partial charge in [0.25, 0.3) is 5.91 Å². The van der Waals surface area contributed by atoms with E-state index >= 15 is 0 Å². The number of halogens is 2. The van der Waals surface area contributed by atoms with E-state index in [0.29, 0.717) is 41.5 Å². The molecule has 2 aliphatic heterocycles. The van der Waals surface area contributed by atoms with E-state index in [1.807, 2.05) is 6.92 Å². The Morgan fingerprint density at radius 3 is 2.91 bits per heavy atom. The molecule has 3 aliphatic rings. The summed E-state index contributed by atoms with van der Waals surface area (Å²) in [5.74, 6) is -2.09. The molecule has 0 aromatic carbocycles. The maximum Gasteiger partial charge on any atom is 0.276 e. The van der Waals surface area contributed by atoms with Gasteiger partial charge in [0, 0.05) is 42.2 Å². The third-order valence-corrected chi connectivity index (χ3v) is 7.17. The van der Waals surface area contributed by atoms with Gasteiger partial charge in [-0.15, -0.1) is 11.3 Å². The Hall–Kier alpha value is -2.85. The van der Waals surface area contributed by atoms with Crippen molar-refractivity contribution in [3.8, 4) is 16.3 Å². The van der Waals surface area contributed by atoms with E-state index in [1.165, 1.54) is 17.5 Å². The molecular weight excluding hydrogens is 440 g/mol. The molecule has 1 aliphatic carbocycles. The maximum absolute atomic E-state index is 14.0. The minimum atomic E-state index is -0.678. The zero-order chi connectivity index (χ0) is 22.6. The summed E-state index contributed by atoms with van der Waals surface area (Å²) in [5.41, 5.74) is -0.0764. The van der Waals surface area contributed by atoms with Gasteiger partial charge in [0.1, 0.15) is 16.7 Å². The second kappa shape index (κ2) is 7.93. The Morgan fingerprint density at radius 1 is 1.31 bits per heavy atom. The molecule has 0 radical (unpaired) electrons. The Kier molecular flexibility index (Phi) is 5.21. The van der Waals surface area contributed by atoms with Crippen LogP contribution in [0.15, 0.2) is 40.5 Å². The fourth-order valence-electron chi connectivity index (χ4n) is 4.41. The average Bonchev–Trinajstić information content (AvgIpc) is 3.21. The van der Waals surface area contributed by atoms with Crippen LogP contribution in [-0.2, 0) is 17.7 Å². The Balaban J connectivity index is 1.49. The predicted octanol–water partition coefficient (Wildman–Crippen LogP) is 3.68. The minimum Gasteiger partial charge on any atom is -0.503 e. The van der Waals surface area contributed by atoms with Gasteiger partial charge in [0.2, 0.25) is 5.43 Å². The molecule has 2 aromatic rings. The normalized spacial score (nSPS) is 23.2. The van der Waals surface area contributed by atoms with Gasteiger partial charge in [0.15, 0.2) is 17.7 Å². The third-order valence-electron chi connectivity index (χ3n) is 6.14. The number of nitrogens with zero attached hydrogens (tertiary/aromatic N) is 3. The largest absolute Gasteiger partial charge is 0.503 e. The molecule has 0 unspecified atom stereocenters. The van der Waals surface area contributed by atoms with E-state index in [9.17, 15) is 23.5 Å². The number of carbonyl (C=O) groups is 1. The maximum atomic E-state index is 14.0. The van der Waals surface area contributed by atoms with Crippen LogP contribution in [-0.4, -0.2) is 44.3 Å². The summed E-state index contributed by atoms with van der Waals surface area (Å²) < 4.78 is 34.5. The van der Waals surface area contributed by atoms with Crippen molar-refractivity contribution in [2.75, 3.05) is 6.61 Å². The van der Waals surface area contributed by atoms with Crippen molar-refractivity contribution in [1.29, 1.82) is 0 Å². The Labute approximate surface area is 186 Å². The van der Waals surface area contributed by atoms with E-state index in [1.54, 1.807) is 15.7 Å². The topological polar surface area (TPSA) is 84.7 Å². The molecule has 5 rings (SSSR count). The molecule has 2 atom stereocenters. The fourth-order valence-corrected chi connectivity index (χ4v) is 5.37. The molecule has 168 valence electrons. The SMILES string of the molecule is C[C@H]1CCO[C@@H]2Cn3cc(-c4ncc(CC5=C(F)C=C(F)CC5)s4)c(=O)c(O)c3C(=O)N12. The lowest BCUT2D eigenvalue weighted by Gasteiger charge is -2.44. The first-order valence-electron chi connectivity index (χ1n) is 10.4. The summed E-state index contributed by atoms with van der Waals surface area (Å²) in [6.07, 6.45) is 4.94. The molecule has 1 N–H and O–H groups in total. The number of aromatic nitrogens is 2. The summed E-state index contributed by atoms with van der Waals surface area (Å²) in [6, 6.07) is -0.0523. The highest BCUT2D eigenvalue weighted by Gasteiger charge is 2.40. The van der Waals surface area contributed by atoms with E-state index < -0.39 is 35.0 Å². The summed E-state index contributed by atoms with van der Waals surface area (Å²) in [7, 11) is 0. The number of ether oxygens (including phenoxy) is 1. The number of amides is 1. The molecule has 0 saturated carbocycles. The van der Waals surface area contributed by atoms with Crippen LogP contribution in [0.5, 0.6) is 5.75 Å². The molecule has 0 spiro atoms. The van der Waals surface area contributed by atoms with Crippen LogP contribution < -0.4 is 5.43 Å². The number of fused-ring (bicyclic) bond motifs is 2. The van der Waals surface area contributed by atoms with E-state index in [2.05, 4.69) is 4.98 Å². The van der Waals surface area contributed by atoms with Crippen LogP contribution in [0.4, 0.5) is 8.78 Å². The Morgan fingerprint density at radius 2 is 2.12 bits per heavy atom. The number of hydrogen-bond donors (Lipinski definition) is 1. The molecule has 4 heterocycles. The quantitative estimate of drug-likeness (QED) is 0.754. The van der Waals surface area contributed by atoms with Gasteiger partial charge in [-0.05, 0) is 25.3 Å². The monoisotopic (exact) mass is 461 g/mol. The highest BCUT2D eigenvalue weighted by atomic mass is 32.1. The van der Waals surface area contributed by atoms with E-state index in [0.717, 1.165) is 6.08 Å². The lowest BCUT2D eigenvalue weighted by atomic mass is 10.00. The van der Waals surface area contributed by atoms with Crippen LogP contribution in [0.3, 0.4) is 0 Å². The van der Waals surface area contributed by atoms with Crippen LogP contribution in [0.1, 0.15) is 41.6 Å². The molecule has 0 bridgehead atoms. The van der Waals surface area contributed by atoms with Crippen molar-refractivity contribution in [3.05, 3.63) is 56.5 Å². The van der Waals surface area contributed by atoms with Crippen molar-refractivity contribution in [2.45, 2.75) is 51.4 Å². The van der Waals surface area contributed by atoms with Gasteiger partial charge in [-0.3, -0.25) is 9.59 Å². The second-order valence-corrected chi connectivity index (χ2v) is 9.36. The summed E-state index contributed by atoms with van der Waals surface area (Å²) in [6.45, 7) is 2.74. The first-order valence-corrected chi connectivity index (χ1v) is 11.2. The minimum absolute atomic E-state index is 0.0487. The zero-order valence-electron chi connectivity index (χ0n) is 17.3. The van der Waals surface area contributed by atoms with Gasteiger partial charge >= 0.3 is 0 Å². The Bertz CT molecular complexity index is 1230. The van der Waals surface area contributed by atoms with Gasteiger partial charge in [-0.2, -0.15) is 0 Å². The highest BCUT2D eigenvalue weighted by molar-refractivity contribution is 7.15. The van der Waals surface area contributed by atoms with Gasteiger partial charge in [-0.1, -0.05) is 0 Å². The van der Waals surface area contributed by atoms with Crippen molar-refractivity contribution >= 4 is 17.2 Å². The molecule has 1 amide bonds. The molecule has 32 heavy (non-hydrogen) atoms.